The number of carbonyl (C=O) groups excluding carboxylic acids is 1. The molecular weight excluding hydrogens is 398 g/mol. The number of aryl methyl sites for hydroxylation is 1. The van der Waals surface area contributed by atoms with Crippen LogP contribution in [0, 0.1) is 12.3 Å². The molecular formula is C28H29NO3. The molecule has 0 amide bonds. The first-order valence-corrected chi connectivity index (χ1v) is 10.9. The van der Waals surface area contributed by atoms with Gasteiger partial charge in [-0.1, -0.05) is 80.6 Å². The number of aromatic nitrogens is 1. The van der Waals surface area contributed by atoms with Crippen LogP contribution in [0.3, 0.4) is 0 Å². The van der Waals surface area contributed by atoms with Gasteiger partial charge in [0.15, 0.2) is 0 Å². The lowest BCUT2D eigenvalue weighted by Crippen LogP contribution is -2.06. The second-order valence-electron chi connectivity index (χ2n) is 8.79. The van der Waals surface area contributed by atoms with Crippen molar-refractivity contribution in [3.05, 3.63) is 101 Å². The Labute approximate surface area is 189 Å². The molecule has 4 rings (SSSR count). The van der Waals surface area contributed by atoms with E-state index in [1.54, 1.807) is 6.20 Å². The average molecular weight is 428 g/mol. The highest BCUT2D eigenvalue weighted by Gasteiger charge is 2.36. The monoisotopic (exact) mass is 427 g/mol. The van der Waals surface area contributed by atoms with Gasteiger partial charge in [-0.2, -0.15) is 0 Å². The van der Waals surface area contributed by atoms with Crippen LogP contribution in [0.5, 0.6) is 0 Å². The summed E-state index contributed by atoms with van der Waals surface area (Å²) in [5, 5.41) is 0. The fourth-order valence-electron chi connectivity index (χ4n) is 4.02. The van der Waals surface area contributed by atoms with Gasteiger partial charge in [-0.25, -0.2) is 4.79 Å². The summed E-state index contributed by atoms with van der Waals surface area (Å²) in [6, 6.07) is 18.3. The second-order valence-corrected chi connectivity index (χ2v) is 8.79. The number of benzene rings is 2. The van der Waals surface area contributed by atoms with Crippen LogP contribution in [0.25, 0.3) is 16.7 Å². The van der Waals surface area contributed by atoms with E-state index in [4.69, 9.17) is 9.47 Å². The Hall–Kier alpha value is -3.53. The summed E-state index contributed by atoms with van der Waals surface area (Å²) in [7, 11) is 0. The topological polar surface area (TPSA) is 51.3 Å². The molecule has 2 heterocycles. The van der Waals surface area contributed by atoms with Gasteiger partial charge in [-0.3, -0.25) is 0 Å². The predicted molar refractivity (Wildman–Crippen MR) is 128 cm³/mol. The maximum atomic E-state index is 12.8. The molecule has 4 nitrogen and oxygen atoms in total. The highest BCUT2D eigenvalue weighted by molar-refractivity contribution is 6.02. The van der Waals surface area contributed by atoms with E-state index in [-0.39, 0.29) is 11.4 Å². The number of rotatable bonds is 5. The SMILES string of the molecule is C=C1O/C(=C(\c2ccc(C)cc2)c2[nH]cc(C(=O)OCC)c2-c2ccccc2)CC1(C)C. The van der Waals surface area contributed by atoms with E-state index in [0.717, 1.165) is 45.9 Å². The summed E-state index contributed by atoms with van der Waals surface area (Å²) in [6.45, 7) is 12.6. The average Bonchev–Trinajstić information content (AvgIpc) is 3.31. The molecule has 164 valence electrons. The molecule has 1 aliphatic heterocycles. The van der Waals surface area contributed by atoms with Crippen molar-refractivity contribution < 1.29 is 14.3 Å². The maximum Gasteiger partial charge on any atom is 0.340 e. The molecule has 32 heavy (non-hydrogen) atoms. The summed E-state index contributed by atoms with van der Waals surface area (Å²) < 4.78 is 11.6. The number of hydrogen-bond acceptors (Lipinski definition) is 3. The predicted octanol–water partition coefficient (Wildman–Crippen LogP) is 6.89. The van der Waals surface area contributed by atoms with Gasteiger partial charge in [-0.05, 0) is 25.0 Å². The number of hydrogen-bond donors (Lipinski definition) is 1. The molecule has 0 aliphatic carbocycles. The van der Waals surface area contributed by atoms with Gasteiger partial charge < -0.3 is 14.5 Å². The lowest BCUT2D eigenvalue weighted by molar-refractivity contribution is 0.0527. The Morgan fingerprint density at radius 1 is 1.12 bits per heavy atom. The fraction of sp³-hybridized carbons (Fsp3) is 0.250. The Morgan fingerprint density at radius 2 is 1.81 bits per heavy atom. The van der Waals surface area contributed by atoms with E-state index in [0.29, 0.717) is 12.2 Å². The van der Waals surface area contributed by atoms with E-state index in [2.05, 4.69) is 56.6 Å². The molecule has 0 bridgehead atoms. The van der Waals surface area contributed by atoms with Crippen molar-refractivity contribution in [3.63, 3.8) is 0 Å². The lowest BCUT2D eigenvalue weighted by Gasteiger charge is -2.15. The molecule has 4 heteroatoms. The van der Waals surface area contributed by atoms with E-state index >= 15 is 0 Å². The smallest absolute Gasteiger partial charge is 0.340 e. The van der Waals surface area contributed by atoms with Crippen LogP contribution in [0.4, 0.5) is 0 Å². The van der Waals surface area contributed by atoms with Crippen LogP contribution in [-0.4, -0.2) is 17.6 Å². The zero-order chi connectivity index (χ0) is 22.9. The fourth-order valence-corrected chi connectivity index (χ4v) is 4.02. The first-order chi connectivity index (χ1) is 15.3. The Morgan fingerprint density at radius 3 is 2.41 bits per heavy atom. The largest absolute Gasteiger partial charge is 0.465 e. The second kappa shape index (κ2) is 8.54. The summed E-state index contributed by atoms with van der Waals surface area (Å²) in [5.74, 6) is 1.24. The number of carbonyl (C=O) groups is 1. The Balaban J connectivity index is 1.99. The number of ether oxygens (including phenoxy) is 2. The minimum atomic E-state index is -0.348. The minimum absolute atomic E-state index is 0.172. The van der Waals surface area contributed by atoms with Gasteiger partial charge in [0.2, 0.25) is 0 Å². The molecule has 0 spiro atoms. The molecule has 1 aliphatic rings. The Bertz CT molecular complexity index is 1180. The lowest BCUT2D eigenvalue weighted by atomic mass is 9.86. The third kappa shape index (κ3) is 4.01. The van der Waals surface area contributed by atoms with Crippen LogP contribution in [0.1, 0.15) is 54.4 Å². The van der Waals surface area contributed by atoms with Crippen LogP contribution in [0.2, 0.25) is 0 Å². The van der Waals surface area contributed by atoms with E-state index in [1.807, 2.05) is 37.3 Å². The molecule has 1 aromatic heterocycles. The highest BCUT2D eigenvalue weighted by Crippen LogP contribution is 2.47. The summed E-state index contributed by atoms with van der Waals surface area (Å²) in [6.07, 6.45) is 2.45. The number of esters is 1. The van der Waals surface area contributed by atoms with Gasteiger partial charge in [0.05, 0.1) is 17.9 Å². The van der Waals surface area contributed by atoms with Crippen molar-refractivity contribution in [1.29, 1.82) is 0 Å². The number of aromatic amines is 1. The van der Waals surface area contributed by atoms with E-state index in [9.17, 15) is 4.79 Å². The van der Waals surface area contributed by atoms with E-state index < -0.39 is 0 Å². The standard InChI is InChI=1S/C28H29NO3/c1-6-31-27(30)22-17-29-26(24(22)20-10-8-7-9-11-20)25(21-14-12-18(2)13-15-21)23-16-28(4,5)19(3)32-23/h7-15,17,29H,3,6,16H2,1-2,4-5H3/b25-23+. The molecule has 1 N–H and O–H groups in total. The van der Waals surface area contributed by atoms with Crippen molar-refractivity contribution in [2.24, 2.45) is 5.41 Å². The van der Waals surface area contributed by atoms with Crippen molar-refractivity contribution >= 4 is 11.5 Å². The van der Waals surface area contributed by atoms with Crippen LogP contribution in [-0.2, 0) is 9.47 Å². The molecule has 0 radical (unpaired) electrons. The van der Waals surface area contributed by atoms with Crippen LogP contribution in [0.15, 0.2) is 78.9 Å². The first kappa shape index (κ1) is 21.7. The third-order valence-electron chi connectivity index (χ3n) is 5.91. The van der Waals surface area contributed by atoms with Crippen molar-refractivity contribution in [3.8, 4) is 11.1 Å². The van der Waals surface area contributed by atoms with Gasteiger partial charge in [0.25, 0.3) is 0 Å². The number of allylic oxidation sites excluding steroid dienone is 2. The third-order valence-corrected chi connectivity index (χ3v) is 5.91. The summed E-state index contributed by atoms with van der Waals surface area (Å²) >= 11 is 0. The maximum absolute atomic E-state index is 12.8. The van der Waals surface area contributed by atoms with Crippen molar-refractivity contribution in [2.75, 3.05) is 6.61 Å². The van der Waals surface area contributed by atoms with Crippen molar-refractivity contribution in [2.45, 2.75) is 34.1 Å². The normalized spacial score (nSPS) is 16.6. The molecule has 1 saturated heterocycles. The van der Waals surface area contributed by atoms with E-state index in [1.165, 1.54) is 5.56 Å². The molecule has 0 saturated carbocycles. The van der Waals surface area contributed by atoms with Crippen LogP contribution < -0.4 is 0 Å². The minimum Gasteiger partial charge on any atom is -0.465 e. The molecule has 0 atom stereocenters. The summed E-state index contributed by atoms with van der Waals surface area (Å²) in [4.78, 5) is 16.2. The van der Waals surface area contributed by atoms with Gasteiger partial charge >= 0.3 is 5.97 Å². The quantitative estimate of drug-likeness (QED) is 0.451. The van der Waals surface area contributed by atoms with Gasteiger partial charge in [0.1, 0.15) is 11.5 Å². The van der Waals surface area contributed by atoms with Gasteiger partial charge in [-0.15, -0.1) is 0 Å². The summed E-state index contributed by atoms with van der Waals surface area (Å²) in [5.41, 5.74) is 6.06. The number of nitrogens with one attached hydrogen (secondary N) is 1. The zero-order valence-electron chi connectivity index (χ0n) is 19.1. The Kier molecular flexibility index (Phi) is 5.79. The molecule has 2 aromatic carbocycles. The first-order valence-electron chi connectivity index (χ1n) is 10.9. The van der Waals surface area contributed by atoms with Crippen LogP contribution >= 0.6 is 0 Å². The number of H-pyrrole nitrogens is 1. The zero-order valence-corrected chi connectivity index (χ0v) is 19.1. The van der Waals surface area contributed by atoms with Crippen molar-refractivity contribution in [1.82, 2.24) is 4.98 Å². The molecule has 1 fully saturated rings. The van der Waals surface area contributed by atoms with Gasteiger partial charge in [0, 0.05) is 29.2 Å². The molecule has 3 aromatic rings. The highest BCUT2D eigenvalue weighted by atomic mass is 16.5. The molecule has 0 unspecified atom stereocenters.